The molecule has 1 aliphatic heterocycles. The van der Waals surface area contributed by atoms with Crippen molar-refractivity contribution >= 4 is 5.97 Å². The molecule has 0 spiro atoms. The Labute approximate surface area is 108 Å². The van der Waals surface area contributed by atoms with Crippen LogP contribution in [0.25, 0.3) is 0 Å². The second kappa shape index (κ2) is 6.01. The van der Waals surface area contributed by atoms with Gasteiger partial charge in [0.2, 0.25) is 0 Å². The van der Waals surface area contributed by atoms with E-state index in [4.69, 9.17) is 4.74 Å². The molecule has 1 aromatic rings. The van der Waals surface area contributed by atoms with Crippen LogP contribution >= 0.6 is 0 Å². The SMILES string of the molecule is Cc1ccccc1CC(C(=O)O)C1CCOCC1. The fraction of sp³-hybridized carbons (Fsp3) is 0.533. The number of carboxylic acids is 1. The molecule has 2 rings (SSSR count). The number of aliphatic carboxylic acids is 1. The molecule has 3 heteroatoms. The minimum absolute atomic E-state index is 0.246. The van der Waals surface area contributed by atoms with Crippen LogP contribution in [0.15, 0.2) is 24.3 Å². The molecule has 1 unspecified atom stereocenters. The maximum Gasteiger partial charge on any atom is 0.307 e. The lowest BCUT2D eigenvalue weighted by Crippen LogP contribution is -2.30. The summed E-state index contributed by atoms with van der Waals surface area (Å²) in [5, 5.41) is 9.44. The van der Waals surface area contributed by atoms with Crippen LogP contribution in [0.1, 0.15) is 24.0 Å². The highest BCUT2D eigenvalue weighted by atomic mass is 16.5. The molecule has 1 heterocycles. The van der Waals surface area contributed by atoms with Gasteiger partial charge in [-0.15, -0.1) is 0 Å². The number of aryl methyl sites for hydroxylation is 1. The lowest BCUT2D eigenvalue weighted by atomic mass is 9.81. The van der Waals surface area contributed by atoms with E-state index in [1.807, 2.05) is 31.2 Å². The third-order valence-electron chi connectivity index (χ3n) is 3.85. The summed E-state index contributed by atoms with van der Waals surface area (Å²) in [4.78, 5) is 11.5. The molecule has 1 aliphatic rings. The maximum absolute atomic E-state index is 11.5. The van der Waals surface area contributed by atoms with E-state index in [2.05, 4.69) is 0 Å². The van der Waals surface area contributed by atoms with E-state index in [9.17, 15) is 9.90 Å². The molecule has 0 radical (unpaired) electrons. The van der Waals surface area contributed by atoms with Gasteiger partial charge in [0.15, 0.2) is 0 Å². The van der Waals surface area contributed by atoms with Gasteiger partial charge in [0.1, 0.15) is 0 Å². The Morgan fingerprint density at radius 3 is 2.67 bits per heavy atom. The summed E-state index contributed by atoms with van der Waals surface area (Å²) < 4.78 is 5.31. The van der Waals surface area contributed by atoms with Crippen LogP contribution in [-0.2, 0) is 16.0 Å². The number of rotatable bonds is 4. The summed E-state index contributed by atoms with van der Waals surface area (Å²) in [7, 11) is 0. The van der Waals surface area contributed by atoms with Crippen molar-refractivity contribution in [2.24, 2.45) is 11.8 Å². The minimum Gasteiger partial charge on any atom is -0.481 e. The maximum atomic E-state index is 11.5. The molecule has 0 saturated carbocycles. The highest BCUT2D eigenvalue weighted by Gasteiger charge is 2.30. The minimum atomic E-state index is -0.676. The summed E-state index contributed by atoms with van der Waals surface area (Å²) in [6.07, 6.45) is 2.36. The van der Waals surface area contributed by atoms with E-state index in [-0.39, 0.29) is 11.8 Å². The first kappa shape index (κ1) is 13.1. The molecule has 98 valence electrons. The molecule has 1 atom stereocenters. The number of hydrogen-bond acceptors (Lipinski definition) is 2. The molecule has 1 saturated heterocycles. The average Bonchev–Trinajstić information content (AvgIpc) is 2.38. The average molecular weight is 248 g/mol. The molecule has 0 bridgehead atoms. The largest absolute Gasteiger partial charge is 0.481 e. The molecule has 1 aromatic carbocycles. The predicted octanol–water partition coefficient (Wildman–Crippen LogP) is 2.66. The van der Waals surface area contributed by atoms with Crippen LogP contribution in [0.3, 0.4) is 0 Å². The van der Waals surface area contributed by atoms with Crippen molar-refractivity contribution in [2.75, 3.05) is 13.2 Å². The van der Waals surface area contributed by atoms with Crippen molar-refractivity contribution in [3.05, 3.63) is 35.4 Å². The molecule has 3 nitrogen and oxygen atoms in total. The normalized spacial score (nSPS) is 18.5. The summed E-state index contributed by atoms with van der Waals surface area (Å²) in [6, 6.07) is 8.04. The molecule has 18 heavy (non-hydrogen) atoms. The third-order valence-corrected chi connectivity index (χ3v) is 3.85. The molecule has 0 aliphatic carbocycles. The van der Waals surface area contributed by atoms with Gasteiger partial charge in [0.05, 0.1) is 5.92 Å². The first-order valence-electron chi connectivity index (χ1n) is 6.53. The van der Waals surface area contributed by atoms with Gasteiger partial charge in [0, 0.05) is 13.2 Å². The number of carbonyl (C=O) groups is 1. The zero-order valence-electron chi connectivity index (χ0n) is 10.8. The monoisotopic (exact) mass is 248 g/mol. The topological polar surface area (TPSA) is 46.5 Å². The summed E-state index contributed by atoms with van der Waals surface area (Å²) >= 11 is 0. The van der Waals surface area contributed by atoms with Crippen LogP contribution in [0.5, 0.6) is 0 Å². The fourth-order valence-corrected chi connectivity index (χ4v) is 2.65. The van der Waals surface area contributed by atoms with Gasteiger partial charge in [-0.2, -0.15) is 0 Å². The van der Waals surface area contributed by atoms with Crippen LogP contribution in [0.4, 0.5) is 0 Å². The quantitative estimate of drug-likeness (QED) is 0.891. The smallest absolute Gasteiger partial charge is 0.307 e. The van der Waals surface area contributed by atoms with Gasteiger partial charge in [-0.1, -0.05) is 24.3 Å². The summed E-state index contributed by atoms with van der Waals surface area (Å²) in [6.45, 7) is 3.43. The van der Waals surface area contributed by atoms with Gasteiger partial charge in [-0.05, 0) is 43.2 Å². The Morgan fingerprint density at radius 1 is 1.39 bits per heavy atom. The van der Waals surface area contributed by atoms with Gasteiger partial charge < -0.3 is 9.84 Å². The third kappa shape index (κ3) is 3.10. The number of ether oxygens (including phenoxy) is 1. The summed E-state index contributed by atoms with van der Waals surface area (Å²) in [5.74, 6) is -0.712. The lowest BCUT2D eigenvalue weighted by molar-refractivity contribution is -0.145. The molecule has 0 amide bonds. The molecular formula is C15H20O3. The first-order valence-corrected chi connectivity index (χ1v) is 6.53. The Hall–Kier alpha value is -1.35. The van der Waals surface area contributed by atoms with E-state index in [1.54, 1.807) is 0 Å². The van der Waals surface area contributed by atoms with Crippen molar-refractivity contribution in [3.63, 3.8) is 0 Å². The van der Waals surface area contributed by atoms with E-state index in [0.29, 0.717) is 19.6 Å². The standard InChI is InChI=1S/C15H20O3/c1-11-4-2-3-5-13(11)10-14(15(16)17)12-6-8-18-9-7-12/h2-5,12,14H,6-10H2,1H3,(H,16,17). The lowest BCUT2D eigenvalue weighted by Gasteiger charge is -2.28. The second-order valence-electron chi connectivity index (χ2n) is 5.03. The fourth-order valence-electron chi connectivity index (χ4n) is 2.65. The number of benzene rings is 1. The Bertz CT molecular complexity index is 408. The Balaban J connectivity index is 2.11. The molecule has 1 fully saturated rings. The Morgan fingerprint density at radius 2 is 2.06 bits per heavy atom. The molecule has 0 aromatic heterocycles. The van der Waals surface area contributed by atoms with E-state index < -0.39 is 5.97 Å². The van der Waals surface area contributed by atoms with Gasteiger partial charge in [-0.3, -0.25) is 4.79 Å². The highest BCUT2D eigenvalue weighted by Crippen LogP contribution is 2.28. The van der Waals surface area contributed by atoms with Gasteiger partial charge in [-0.25, -0.2) is 0 Å². The van der Waals surface area contributed by atoms with Crippen molar-refractivity contribution in [2.45, 2.75) is 26.2 Å². The van der Waals surface area contributed by atoms with Crippen LogP contribution < -0.4 is 0 Å². The van der Waals surface area contributed by atoms with Crippen molar-refractivity contribution in [1.29, 1.82) is 0 Å². The summed E-state index contributed by atoms with van der Waals surface area (Å²) in [5.41, 5.74) is 2.33. The highest BCUT2D eigenvalue weighted by molar-refractivity contribution is 5.71. The van der Waals surface area contributed by atoms with Crippen LogP contribution in [0, 0.1) is 18.8 Å². The molecular weight excluding hydrogens is 228 g/mol. The van der Waals surface area contributed by atoms with E-state index in [0.717, 1.165) is 18.4 Å². The van der Waals surface area contributed by atoms with Gasteiger partial charge in [0.25, 0.3) is 0 Å². The van der Waals surface area contributed by atoms with Crippen molar-refractivity contribution < 1.29 is 14.6 Å². The Kier molecular flexibility index (Phi) is 4.37. The van der Waals surface area contributed by atoms with Gasteiger partial charge >= 0.3 is 5.97 Å². The zero-order valence-corrected chi connectivity index (χ0v) is 10.8. The van der Waals surface area contributed by atoms with Crippen molar-refractivity contribution in [3.8, 4) is 0 Å². The van der Waals surface area contributed by atoms with Crippen LogP contribution in [0.2, 0.25) is 0 Å². The van der Waals surface area contributed by atoms with E-state index in [1.165, 1.54) is 5.56 Å². The molecule has 1 N–H and O–H groups in total. The zero-order chi connectivity index (χ0) is 13.0. The predicted molar refractivity (Wildman–Crippen MR) is 69.6 cm³/mol. The first-order chi connectivity index (χ1) is 8.68. The van der Waals surface area contributed by atoms with Crippen LogP contribution in [-0.4, -0.2) is 24.3 Å². The second-order valence-corrected chi connectivity index (χ2v) is 5.03. The van der Waals surface area contributed by atoms with E-state index >= 15 is 0 Å². The number of carboxylic acid groups (broad SMARTS) is 1. The van der Waals surface area contributed by atoms with Crippen molar-refractivity contribution in [1.82, 2.24) is 0 Å². The number of hydrogen-bond donors (Lipinski definition) is 1.